The van der Waals surface area contributed by atoms with Gasteiger partial charge in [0.15, 0.2) is 0 Å². The second-order valence-electron chi connectivity index (χ2n) is 6.34. The molecule has 2 nitrogen and oxygen atoms in total. The van der Waals surface area contributed by atoms with Crippen LogP contribution in [0.4, 0.5) is 0 Å². The molecule has 20 heavy (non-hydrogen) atoms. The Kier molecular flexibility index (Phi) is 6.06. The molecule has 0 unspecified atom stereocenters. The molecule has 112 valence electrons. The number of hydrogen-bond acceptors (Lipinski definition) is 2. The van der Waals surface area contributed by atoms with Crippen molar-refractivity contribution in [1.82, 2.24) is 5.32 Å². The van der Waals surface area contributed by atoms with Gasteiger partial charge in [-0.1, -0.05) is 32.0 Å². The van der Waals surface area contributed by atoms with E-state index in [1.807, 2.05) is 0 Å². The van der Waals surface area contributed by atoms with Crippen LogP contribution in [0.1, 0.15) is 62.1 Å². The highest BCUT2D eigenvalue weighted by Crippen LogP contribution is 2.22. The average molecular weight is 275 g/mol. The zero-order valence-corrected chi connectivity index (χ0v) is 13.2. The molecule has 0 spiro atoms. The normalized spacial score (nSPS) is 15.0. The third-order valence-electron chi connectivity index (χ3n) is 3.98. The standard InChI is InChI=1S/C18H29NO/c1-14(2)17-11-15(6-4-5-9-20-3)10-16(12-17)13-19-18-7-8-18/h10-12,14,18-19H,4-9,13H2,1-3H3. The molecule has 0 heterocycles. The fourth-order valence-corrected chi connectivity index (χ4v) is 2.50. The first-order valence-electron chi connectivity index (χ1n) is 8.04. The van der Waals surface area contributed by atoms with Gasteiger partial charge >= 0.3 is 0 Å². The predicted molar refractivity (Wildman–Crippen MR) is 85.2 cm³/mol. The molecule has 0 atom stereocenters. The van der Waals surface area contributed by atoms with Crippen molar-refractivity contribution >= 4 is 0 Å². The number of ether oxygens (including phenoxy) is 1. The fraction of sp³-hybridized carbons (Fsp3) is 0.667. The summed E-state index contributed by atoms with van der Waals surface area (Å²) in [5, 5.41) is 3.62. The quantitative estimate of drug-likeness (QED) is 0.687. The molecule has 1 N–H and O–H groups in total. The van der Waals surface area contributed by atoms with Gasteiger partial charge in [0.05, 0.1) is 0 Å². The fourth-order valence-electron chi connectivity index (χ4n) is 2.50. The van der Waals surface area contributed by atoms with Crippen LogP contribution in [-0.4, -0.2) is 19.8 Å². The van der Waals surface area contributed by atoms with Gasteiger partial charge in [-0.25, -0.2) is 0 Å². The van der Waals surface area contributed by atoms with Crippen molar-refractivity contribution in [3.63, 3.8) is 0 Å². The number of hydrogen-bond donors (Lipinski definition) is 1. The van der Waals surface area contributed by atoms with Gasteiger partial charge in [0.2, 0.25) is 0 Å². The van der Waals surface area contributed by atoms with E-state index in [0.29, 0.717) is 5.92 Å². The van der Waals surface area contributed by atoms with Gasteiger partial charge in [-0.15, -0.1) is 0 Å². The number of aryl methyl sites for hydroxylation is 1. The number of benzene rings is 1. The lowest BCUT2D eigenvalue weighted by Crippen LogP contribution is -2.15. The number of unbranched alkanes of at least 4 members (excludes halogenated alkanes) is 1. The van der Waals surface area contributed by atoms with Crippen LogP contribution in [-0.2, 0) is 17.7 Å². The topological polar surface area (TPSA) is 21.3 Å². The van der Waals surface area contributed by atoms with Gasteiger partial charge in [-0.05, 0) is 54.7 Å². The third kappa shape index (κ3) is 5.26. The monoisotopic (exact) mass is 275 g/mol. The summed E-state index contributed by atoms with van der Waals surface area (Å²) in [5.41, 5.74) is 4.41. The number of methoxy groups -OCH3 is 1. The molecule has 1 aliphatic carbocycles. The Morgan fingerprint density at radius 2 is 1.90 bits per heavy atom. The lowest BCUT2D eigenvalue weighted by atomic mass is 9.95. The number of rotatable bonds is 9. The van der Waals surface area contributed by atoms with Crippen molar-refractivity contribution < 1.29 is 4.74 Å². The van der Waals surface area contributed by atoms with E-state index in [-0.39, 0.29) is 0 Å². The molecule has 0 amide bonds. The largest absolute Gasteiger partial charge is 0.385 e. The Labute approximate surface area is 123 Å². The molecule has 1 saturated carbocycles. The average Bonchev–Trinajstić information content (AvgIpc) is 3.25. The van der Waals surface area contributed by atoms with Crippen LogP contribution in [0.5, 0.6) is 0 Å². The van der Waals surface area contributed by atoms with Crippen LogP contribution in [0, 0.1) is 0 Å². The highest BCUT2D eigenvalue weighted by atomic mass is 16.5. The molecule has 0 bridgehead atoms. The van der Waals surface area contributed by atoms with E-state index in [9.17, 15) is 0 Å². The summed E-state index contributed by atoms with van der Waals surface area (Å²) < 4.78 is 5.13. The SMILES string of the molecule is COCCCCc1cc(CNC2CC2)cc(C(C)C)c1. The van der Waals surface area contributed by atoms with Crippen molar-refractivity contribution in [3.8, 4) is 0 Å². The van der Waals surface area contributed by atoms with Crippen molar-refractivity contribution in [2.45, 2.75) is 64.5 Å². The molecule has 1 aliphatic rings. The molecule has 1 aromatic carbocycles. The Hall–Kier alpha value is -0.860. The third-order valence-corrected chi connectivity index (χ3v) is 3.98. The maximum absolute atomic E-state index is 5.13. The molecular formula is C18H29NO. The highest BCUT2D eigenvalue weighted by Gasteiger charge is 2.20. The molecule has 1 aromatic rings. The molecular weight excluding hydrogens is 246 g/mol. The minimum atomic E-state index is 0.605. The van der Waals surface area contributed by atoms with E-state index in [1.54, 1.807) is 7.11 Å². The highest BCUT2D eigenvalue weighted by molar-refractivity contribution is 5.32. The minimum absolute atomic E-state index is 0.605. The first-order chi connectivity index (χ1) is 9.69. The summed E-state index contributed by atoms with van der Waals surface area (Å²) in [6, 6.07) is 7.92. The maximum Gasteiger partial charge on any atom is 0.0462 e. The van der Waals surface area contributed by atoms with Gasteiger partial charge in [0, 0.05) is 26.3 Å². The number of nitrogens with one attached hydrogen (secondary N) is 1. The Morgan fingerprint density at radius 3 is 2.55 bits per heavy atom. The Balaban J connectivity index is 1.96. The van der Waals surface area contributed by atoms with Crippen LogP contribution in [0.25, 0.3) is 0 Å². The van der Waals surface area contributed by atoms with E-state index in [1.165, 1.54) is 42.4 Å². The van der Waals surface area contributed by atoms with Crippen molar-refractivity contribution in [1.29, 1.82) is 0 Å². The zero-order valence-electron chi connectivity index (χ0n) is 13.2. The van der Waals surface area contributed by atoms with E-state index in [4.69, 9.17) is 4.74 Å². The van der Waals surface area contributed by atoms with Crippen LogP contribution in [0.3, 0.4) is 0 Å². The van der Waals surface area contributed by atoms with Gasteiger partial charge in [0.1, 0.15) is 0 Å². The summed E-state index contributed by atoms with van der Waals surface area (Å²) in [4.78, 5) is 0. The molecule has 2 heteroatoms. The molecule has 0 saturated heterocycles. The van der Waals surface area contributed by atoms with Crippen molar-refractivity contribution in [2.75, 3.05) is 13.7 Å². The summed E-state index contributed by atoms with van der Waals surface area (Å²) in [6.07, 6.45) is 6.24. The van der Waals surface area contributed by atoms with Crippen LogP contribution < -0.4 is 5.32 Å². The first-order valence-corrected chi connectivity index (χ1v) is 8.04. The van der Waals surface area contributed by atoms with Crippen molar-refractivity contribution in [3.05, 3.63) is 34.9 Å². The smallest absolute Gasteiger partial charge is 0.0462 e. The lowest BCUT2D eigenvalue weighted by molar-refractivity contribution is 0.193. The zero-order chi connectivity index (χ0) is 14.4. The minimum Gasteiger partial charge on any atom is -0.385 e. The van der Waals surface area contributed by atoms with E-state index < -0.39 is 0 Å². The first kappa shape index (κ1) is 15.5. The molecule has 2 rings (SSSR count). The van der Waals surface area contributed by atoms with Gasteiger partial charge in [-0.2, -0.15) is 0 Å². The molecule has 0 radical (unpaired) electrons. The Bertz CT molecular complexity index is 410. The van der Waals surface area contributed by atoms with Crippen LogP contribution in [0.2, 0.25) is 0 Å². The van der Waals surface area contributed by atoms with E-state index in [0.717, 1.165) is 25.6 Å². The molecule has 0 aliphatic heterocycles. The lowest BCUT2D eigenvalue weighted by Gasteiger charge is -2.13. The predicted octanol–water partition coefficient (Wildman–Crippen LogP) is 4.03. The van der Waals surface area contributed by atoms with Crippen molar-refractivity contribution in [2.24, 2.45) is 0 Å². The van der Waals surface area contributed by atoms with Gasteiger partial charge in [-0.3, -0.25) is 0 Å². The summed E-state index contributed by atoms with van der Waals surface area (Å²) >= 11 is 0. The summed E-state index contributed by atoms with van der Waals surface area (Å²) in [6.45, 7) is 6.46. The van der Waals surface area contributed by atoms with E-state index in [2.05, 4.69) is 37.4 Å². The summed E-state index contributed by atoms with van der Waals surface area (Å²) in [7, 11) is 1.78. The second-order valence-corrected chi connectivity index (χ2v) is 6.34. The van der Waals surface area contributed by atoms with Gasteiger partial charge in [0.25, 0.3) is 0 Å². The summed E-state index contributed by atoms with van der Waals surface area (Å²) in [5.74, 6) is 0.605. The molecule has 0 aromatic heterocycles. The second kappa shape index (κ2) is 7.80. The molecule has 1 fully saturated rings. The van der Waals surface area contributed by atoms with Gasteiger partial charge < -0.3 is 10.1 Å². The van der Waals surface area contributed by atoms with E-state index >= 15 is 0 Å². The Morgan fingerprint density at radius 1 is 1.15 bits per heavy atom. The maximum atomic E-state index is 5.13. The van der Waals surface area contributed by atoms with Crippen LogP contribution in [0.15, 0.2) is 18.2 Å². The van der Waals surface area contributed by atoms with Crippen LogP contribution >= 0.6 is 0 Å².